The number of thiocarbonyl (C=S) groups is 1. The third-order valence-electron chi connectivity index (χ3n) is 11.6. The quantitative estimate of drug-likeness (QED) is 0.146. The molecule has 3 N–H and O–H groups in total. The number of carbonyl (C=O) groups is 4. The molecule has 4 fully saturated rings. The lowest BCUT2D eigenvalue weighted by Crippen LogP contribution is -2.58. The summed E-state index contributed by atoms with van der Waals surface area (Å²) in [5, 5.41) is 17.8. The van der Waals surface area contributed by atoms with Crippen molar-refractivity contribution in [2.24, 2.45) is 0 Å². The van der Waals surface area contributed by atoms with Crippen molar-refractivity contribution in [3.63, 3.8) is 0 Å². The minimum Gasteiger partial charge on any atom is -0.378 e. The second kappa shape index (κ2) is 17.7. The third kappa shape index (κ3) is 9.62. The number of rotatable bonds is 12. The molecule has 3 saturated heterocycles. The van der Waals surface area contributed by atoms with E-state index >= 15 is 0 Å². The van der Waals surface area contributed by atoms with E-state index in [9.17, 15) is 37.6 Å². The van der Waals surface area contributed by atoms with Crippen molar-refractivity contribution >= 4 is 58.0 Å². The minimum absolute atomic E-state index is 0.00861. The predicted molar refractivity (Wildman–Crippen MR) is 216 cm³/mol. The first-order valence-corrected chi connectivity index (χ1v) is 20.3. The maximum absolute atomic E-state index is 13.7. The molecule has 3 atom stereocenters. The molecule has 0 radical (unpaired) electrons. The van der Waals surface area contributed by atoms with Gasteiger partial charge < -0.3 is 25.2 Å². The highest BCUT2D eigenvalue weighted by molar-refractivity contribution is 7.80. The summed E-state index contributed by atoms with van der Waals surface area (Å²) in [7, 11) is 0. The standard InChI is InChI=1S/C41H51F3N8O5S/c1-25-22-49(23-26(2)50(25)24-36(54)47-29-8-5-7-28(19-29)46-34-15-16-35(53)48-37(34)55)17-6-18-57-32-13-11-30(12-14-32)52-39(58)51(38(56)40(52,3)4)31-10-9-27(21-45)33(20-31)41(42,43)44/h5,7-10,19-20,25-26,30,32,34,46H,6,11-18,22-24H2,1-4H3,(H,47,54)(H,48,53,55)/t25-,26+,30?,32?,34?. The highest BCUT2D eigenvalue weighted by atomic mass is 32.1. The Morgan fingerprint density at radius 2 is 1.71 bits per heavy atom. The van der Waals surface area contributed by atoms with E-state index in [1.54, 1.807) is 38.1 Å². The fourth-order valence-electron chi connectivity index (χ4n) is 8.71. The molecule has 0 aromatic heterocycles. The number of ether oxygens (including phenoxy) is 1. The Kier molecular flexibility index (Phi) is 13.1. The number of piperidine rings is 1. The van der Waals surface area contributed by atoms with Crippen LogP contribution < -0.4 is 20.9 Å². The van der Waals surface area contributed by atoms with Gasteiger partial charge in [-0.05, 0) is 115 Å². The van der Waals surface area contributed by atoms with Crippen LogP contribution in [0.5, 0.6) is 0 Å². The fraction of sp³-hybridized carbons (Fsp3) is 0.561. The first kappa shape index (κ1) is 43.0. The van der Waals surface area contributed by atoms with Gasteiger partial charge >= 0.3 is 6.18 Å². The van der Waals surface area contributed by atoms with Crippen LogP contribution >= 0.6 is 12.2 Å². The molecule has 17 heteroatoms. The summed E-state index contributed by atoms with van der Waals surface area (Å²) in [5.74, 6) is -1.17. The molecule has 6 rings (SSSR count). The molecule has 2 aromatic carbocycles. The summed E-state index contributed by atoms with van der Waals surface area (Å²) in [6, 6.07) is 11.7. The zero-order valence-corrected chi connectivity index (χ0v) is 34.0. The number of nitriles is 1. The fourth-order valence-corrected chi connectivity index (χ4v) is 9.27. The normalized spacial score (nSPS) is 25.7. The Morgan fingerprint density at radius 1 is 1.02 bits per heavy atom. The lowest BCUT2D eigenvalue weighted by atomic mass is 9.89. The molecule has 2 aromatic rings. The molecule has 3 aliphatic heterocycles. The molecule has 3 heterocycles. The average molecular weight is 825 g/mol. The Hall–Kier alpha value is -4.63. The SMILES string of the molecule is C[C@@H]1CN(CCCOC2CCC(N3C(=S)N(c4ccc(C#N)c(C(F)(F)F)c4)C(=O)C3(C)C)CC2)C[C@H](C)N1CC(=O)Nc1cccc(NC2CCC(=O)NC2=O)c1. The van der Waals surface area contributed by atoms with Crippen molar-refractivity contribution < 1.29 is 37.1 Å². The number of piperazine rings is 1. The number of amides is 4. The van der Waals surface area contributed by atoms with Gasteiger partial charge in [-0.25, -0.2) is 0 Å². The van der Waals surface area contributed by atoms with Crippen LogP contribution in [0.25, 0.3) is 0 Å². The number of hydrogen-bond acceptors (Lipinski definition) is 10. The Morgan fingerprint density at radius 3 is 2.36 bits per heavy atom. The third-order valence-corrected chi connectivity index (χ3v) is 12.0. The van der Waals surface area contributed by atoms with Gasteiger partial charge in [0.05, 0.1) is 35.5 Å². The number of alkyl halides is 3. The zero-order valence-electron chi connectivity index (χ0n) is 33.2. The molecular weight excluding hydrogens is 774 g/mol. The number of halogens is 3. The molecule has 0 bridgehead atoms. The van der Waals surface area contributed by atoms with Gasteiger partial charge in [-0.1, -0.05) is 6.07 Å². The van der Waals surface area contributed by atoms with E-state index < -0.39 is 34.8 Å². The molecule has 0 spiro atoms. The van der Waals surface area contributed by atoms with Crippen molar-refractivity contribution in [3.05, 3.63) is 53.6 Å². The topological polar surface area (TPSA) is 150 Å². The summed E-state index contributed by atoms with van der Waals surface area (Å²) in [5.41, 5.74) is -1.40. The Balaban J connectivity index is 0.919. The van der Waals surface area contributed by atoms with E-state index in [1.807, 2.05) is 11.0 Å². The first-order chi connectivity index (χ1) is 27.5. The van der Waals surface area contributed by atoms with Gasteiger partial charge in [0.2, 0.25) is 17.7 Å². The second-order valence-corrected chi connectivity index (χ2v) is 16.6. The smallest absolute Gasteiger partial charge is 0.378 e. The largest absolute Gasteiger partial charge is 0.417 e. The van der Waals surface area contributed by atoms with Crippen LogP contribution in [-0.2, 0) is 30.1 Å². The van der Waals surface area contributed by atoms with Crippen molar-refractivity contribution in [2.45, 2.75) is 115 Å². The van der Waals surface area contributed by atoms with Crippen LogP contribution in [0.2, 0.25) is 0 Å². The van der Waals surface area contributed by atoms with Gasteiger partial charge in [0.1, 0.15) is 11.6 Å². The summed E-state index contributed by atoms with van der Waals surface area (Å²) < 4.78 is 47.5. The lowest BCUT2D eigenvalue weighted by Gasteiger charge is -2.44. The number of hydrogen-bond donors (Lipinski definition) is 3. The maximum Gasteiger partial charge on any atom is 0.417 e. The number of nitrogens with one attached hydrogen (secondary N) is 3. The number of carbonyl (C=O) groups excluding carboxylic acids is 4. The molecule has 1 aliphatic carbocycles. The van der Waals surface area contributed by atoms with E-state index in [0.29, 0.717) is 37.2 Å². The zero-order chi connectivity index (χ0) is 41.9. The Bertz CT molecular complexity index is 1940. The van der Waals surface area contributed by atoms with Crippen LogP contribution in [-0.4, -0.2) is 112 Å². The molecular formula is C41H51F3N8O5S. The number of anilines is 3. The second-order valence-electron chi connectivity index (χ2n) is 16.3. The van der Waals surface area contributed by atoms with Crippen LogP contribution in [0, 0.1) is 11.3 Å². The molecule has 4 amide bonds. The van der Waals surface area contributed by atoms with E-state index in [1.165, 1.54) is 6.07 Å². The molecule has 58 heavy (non-hydrogen) atoms. The van der Waals surface area contributed by atoms with E-state index in [0.717, 1.165) is 55.9 Å². The highest BCUT2D eigenvalue weighted by Gasteiger charge is 2.52. The van der Waals surface area contributed by atoms with Gasteiger partial charge in [-0.15, -0.1) is 0 Å². The van der Waals surface area contributed by atoms with Crippen LogP contribution in [0.1, 0.15) is 83.8 Å². The summed E-state index contributed by atoms with van der Waals surface area (Å²) >= 11 is 5.74. The van der Waals surface area contributed by atoms with E-state index in [-0.39, 0.29) is 65.7 Å². The summed E-state index contributed by atoms with van der Waals surface area (Å²) in [6.07, 6.45) is -0.227. The number of nitrogens with zero attached hydrogens (tertiary/aromatic N) is 5. The van der Waals surface area contributed by atoms with Crippen molar-refractivity contribution in [3.8, 4) is 6.07 Å². The molecule has 1 unspecified atom stereocenters. The summed E-state index contributed by atoms with van der Waals surface area (Å²) in [4.78, 5) is 58.0. The first-order valence-electron chi connectivity index (χ1n) is 19.8. The molecule has 312 valence electrons. The van der Waals surface area contributed by atoms with Gasteiger partial charge in [-0.2, -0.15) is 18.4 Å². The Labute approximate surface area is 342 Å². The molecule has 13 nitrogen and oxygen atoms in total. The molecule has 4 aliphatic rings. The van der Waals surface area contributed by atoms with Crippen molar-refractivity contribution in [2.75, 3.05) is 48.3 Å². The van der Waals surface area contributed by atoms with Crippen LogP contribution in [0.15, 0.2) is 42.5 Å². The summed E-state index contributed by atoms with van der Waals surface area (Å²) in [6.45, 7) is 11.1. The van der Waals surface area contributed by atoms with Gasteiger partial charge in [0.25, 0.3) is 5.91 Å². The van der Waals surface area contributed by atoms with Crippen LogP contribution in [0.4, 0.5) is 30.2 Å². The monoisotopic (exact) mass is 824 g/mol. The maximum atomic E-state index is 13.7. The van der Waals surface area contributed by atoms with Gasteiger partial charge in [0.15, 0.2) is 5.11 Å². The van der Waals surface area contributed by atoms with Crippen molar-refractivity contribution in [1.29, 1.82) is 5.26 Å². The van der Waals surface area contributed by atoms with Crippen LogP contribution in [0.3, 0.4) is 0 Å². The van der Waals surface area contributed by atoms with Gasteiger partial charge in [-0.3, -0.25) is 34.3 Å². The van der Waals surface area contributed by atoms with E-state index in [4.69, 9.17) is 17.0 Å². The minimum atomic E-state index is -4.76. The van der Waals surface area contributed by atoms with E-state index in [2.05, 4.69) is 39.6 Å². The number of benzene rings is 2. The average Bonchev–Trinajstić information content (AvgIpc) is 3.34. The van der Waals surface area contributed by atoms with Gasteiger partial charge in [0, 0.05) is 62.2 Å². The van der Waals surface area contributed by atoms with Crippen molar-refractivity contribution in [1.82, 2.24) is 20.0 Å². The molecule has 1 saturated carbocycles. The predicted octanol–water partition coefficient (Wildman–Crippen LogP) is 5.26. The highest BCUT2D eigenvalue weighted by Crippen LogP contribution is 2.40. The lowest BCUT2D eigenvalue weighted by molar-refractivity contribution is -0.138. The number of imide groups is 1.